The summed E-state index contributed by atoms with van der Waals surface area (Å²) in [5.74, 6) is 34.6. The average molecular weight is 1080 g/mol. The summed E-state index contributed by atoms with van der Waals surface area (Å²) in [6.45, 7) is 4.26. The number of rotatable bonds is 9. The van der Waals surface area contributed by atoms with Gasteiger partial charge in [-0.2, -0.15) is 0 Å². The van der Waals surface area contributed by atoms with E-state index in [1.165, 1.54) is 44.2 Å². The van der Waals surface area contributed by atoms with Gasteiger partial charge < -0.3 is 9.47 Å². The van der Waals surface area contributed by atoms with E-state index in [0.717, 1.165) is 83.9 Å². The summed E-state index contributed by atoms with van der Waals surface area (Å²) in [5.41, 5.74) is 23.3. The molecule has 0 saturated heterocycles. The van der Waals surface area contributed by atoms with Crippen molar-refractivity contribution in [3.05, 3.63) is 300 Å². The zero-order chi connectivity index (χ0) is 57.5. The maximum Gasteiger partial charge on any atom is 0.0714 e. The van der Waals surface area contributed by atoms with Gasteiger partial charge >= 0.3 is 0 Å². The molecule has 0 atom stereocenters. The Bertz CT molecular complexity index is 5020. The van der Waals surface area contributed by atoms with Crippen LogP contribution in [0.3, 0.4) is 0 Å². The van der Waals surface area contributed by atoms with E-state index in [1.54, 1.807) is 0 Å². The van der Waals surface area contributed by atoms with Crippen LogP contribution in [0.2, 0.25) is 0 Å². The van der Waals surface area contributed by atoms with Gasteiger partial charge in [-0.15, -0.1) is 6.42 Å². The summed E-state index contributed by atoms with van der Waals surface area (Å²) >= 11 is 0. The van der Waals surface area contributed by atoms with Gasteiger partial charge in [-0.25, -0.2) is 0 Å². The molecule has 0 radical (unpaired) electrons. The minimum Gasteiger partial charge on any atom is -0.310 e. The number of hydrogen-bond donors (Lipinski definition) is 0. The fourth-order valence-corrected chi connectivity index (χ4v) is 12.3. The second-order valence-corrected chi connectivity index (χ2v) is 20.9. The van der Waals surface area contributed by atoms with Crippen LogP contribution in [0.4, 0.5) is 17.1 Å². The molecule has 0 aliphatic heterocycles. The van der Waals surface area contributed by atoms with Crippen molar-refractivity contribution < 1.29 is 0 Å². The van der Waals surface area contributed by atoms with Gasteiger partial charge in [0.15, 0.2) is 0 Å². The number of terminal acetylenes is 1. The highest BCUT2D eigenvalue weighted by atomic mass is 15.1. The van der Waals surface area contributed by atoms with Crippen LogP contribution in [0, 0.1) is 97.2 Å². The quantitative estimate of drug-likeness (QED) is 0.131. The molecule has 1 aliphatic rings. The molecule has 1 heterocycles. The number of anilines is 3. The smallest absolute Gasteiger partial charge is 0.0714 e. The molecule has 0 unspecified atom stereocenters. The molecule has 1 aliphatic carbocycles. The summed E-state index contributed by atoms with van der Waals surface area (Å²) in [6.07, 6.45) is 5.10. The number of hydrogen-bond acceptors (Lipinski definition) is 1. The Hall–Kier alpha value is -12.1. The summed E-state index contributed by atoms with van der Waals surface area (Å²) in [4.78, 5) is 2.44. The van der Waals surface area contributed by atoms with Crippen LogP contribution in [0.5, 0.6) is 0 Å². The fraction of sp³-hybridized carbons (Fsp3) is 0.0361. The predicted octanol–water partition coefficient (Wildman–Crippen LogP) is 18.2. The summed E-state index contributed by atoms with van der Waals surface area (Å²) < 4.78 is 2.41. The van der Waals surface area contributed by atoms with E-state index < -0.39 is 5.41 Å². The molecule has 0 saturated carbocycles. The highest BCUT2D eigenvalue weighted by molar-refractivity contribution is 6.10. The summed E-state index contributed by atoms with van der Waals surface area (Å²) in [6, 6.07) is 95.6. The minimum atomic E-state index is -0.554. The van der Waals surface area contributed by atoms with Crippen LogP contribution < -0.4 is 4.90 Å². The van der Waals surface area contributed by atoms with Crippen LogP contribution in [0.15, 0.2) is 261 Å². The molecule has 0 amide bonds. The number of aromatic nitrogens is 1. The molecule has 0 spiro atoms. The number of nitrogens with zero attached hydrogens (tertiary/aromatic N) is 2. The van der Waals surface area contributed by atoms with Crippen molar-refractivity contribution in [3.8, 4) is 134 Å². The summed E-state index contributed by atoms with van der Waals surface area (Å²) in [7, 11) is 0. The second kappa shape index (κ2) is 23.2. The first-order valence-corrected chi connectivity index (χ1v) is 28.1. The van der Waals surface area contributed by atoms with Gasteiger partial charge in [0.25, 0.3) is 0 Å². The molecule has 0 N–H and O–H groups in total. The van der Waals surface area contributed by atoms with Crippen LogP contribution in [-0.2, 0) is 5.41 Å². The topological polar surface area (TPSA) is 8.17 Å². The maximum atomic E-state index is 5.10. The van der Waals surface area contributed by atoms with Crippen LogP contribution in [-0.4, -0.2) is 4.57 Å². The third-order valence-electron chi connectivity index (χ3n) is 15.7. The first-order chi connectivity index (χ1) is 42.0. The van der Waals surface area contributed by atoms with Crippen molar-refractivity contribution in [3.63, 3.8) is 0 Å². The second-order valence-electron chi connectivity index (χ2n) is 20.9. The lowest BCUT2D eigenvalue weighted by atomic mass is 9.67. The molecular weight excluding hydrogens is 1020 g/mol. The standard InChI is InChI=1S/C83H50N2/c1-4-5-6-7-8-9-10-11-12-13-14-18-31-62-52-60(2)53-66(56-62)67-54-61(3)55-72(57-67)85-81-43-30-27-40-76(81)77-50-46-65(58-82(77)85)63-44-47-70(48-45-63)84(80-42-29-26-38-73(80)64-32-19-15-20-33-64)71-49-51-75-74-39-25-28-41-78(74)83(79(75)59-71,68-34-21-16-22-35-68)69-36-23-17-24-37-69/h1,15-17,19-30,32-59H,2-3H3. The zero-order valence-corrected chi connectivity index (χ0v) is 46.8. The Morgan fingerprint density at radius 1 is 0.353 bits per heavy atom. The minimum absolute atomic E-state index is 0.554. The van der Waals surface area contributed by atoms with Gasteiger partial charge in [0, 0.05) is 39.0 Å². The van der Waals surface area contributed by atoms with Crippen molar-refractivity contribution in [1.82, 2.24) is 4.57 Å². The lowest BCUT2D eigenvalue weighted by Gasteiger charge is -2.35. The number of aryl methyl sites for hydroxylation is 2. The Balaban J connectivity index is 0.894. The van der Waals surface area contributed by atoms with E-state index in [1.807, 2.05) is 0 Å². The van der Waals surface area contributed by atoms with E-state index in [0.29, 0.717) is 0 Å². The van der Waals surface area contributed by atoms with E-state index in [2.05, 4.69) is 361 Å². The Kier molecular flexibility index (Phi) is 14.3. The molecule has 0 fully saturated rings. The molecule has 2 heteroatoms. The number of fused-ring (bicyclic) bond motifs is 6. The molecule has 13 rings (SSSR count). The molecule has 1 aromatic heterocycles. The Labute approximate surface area is 498 Å². The van der Waals surface area contributed by atoms with Gasteiger partial charge in [-0.1, -0.05) is 200 Å². The van der Waals surface area contributed by atoms with Crippen molar-refractivity contribution in [2.45, 2.75) is 19.3 Å². The maximum absolute atomic E-state index is 5.10. The van der Waals surface area contributed by atoms with E-state index >= 15 is 0 Å². The van der Waals surface area contributed by atoms with Gasteiger partial charge in [0.1, 0.15) is 0 Å². The molecule has 392 valence electrons. The first-order valence-electron chi connectivity index (χ1n) is 28.1. The van der Waals surface area contributed by atoms with E-state index in [4.69, 9.17) is 6.42 Å². The fourth-order valence-electron chi connectivity index (χ4n) is 12.3. The lowest BCUT2D eigenvalue weighted by Crippen LogP contribution is -2.28. The van der Waals surface area contributed by atoms with Crippen molar-refractivity contribution in [1.29, 1.82) is 0 Å². The average Bonchev–Trinajstić information content (AvgIpc) is 1.67. The molecule has 0 bridgehead atoms. The van der Waals surface area contributed by atoms with E-state index in [9.17, 15) is 0 Å². The Morgan fingerprint density at radius 2 is 0.894 bits per heavy atom. The van der Waals surface area contributed by atoms with Crippen molar-refractivity contribution >= 4 is 38.9 Å². The Morgan fingerprint density at radius 3 is 1.60 bits per heavy atom. The first kappa shape index (κ1) is 52.3. The largest absolute Gasteiger partial charge is 0.310 e. The van der Waals surface area contributed by atoms with Gasteiger partial charge in [0.05, 0.1) is 22.1 Å². The molecule has 12 aromatic rings. The van der Waals surface area contributed by atoms with Crippen LogP contribution in [0.1, 0.15) is 38.9 Å². The molecule has 85 heavy (non-hydrogen) atoms. The predicted molar refractivity (Wildman–Crippen MR) is 353 cm³/mol. The van der Waals surface area contributed by atoms with Gasteiger partial charge in [0.2, 0.25) is 0 Å². The lowest BCUT2D eigenvalue weighted by molar-refractivity contribution is 0.768. The van der Waals surface area contributed by atoms with Crippen molar-refractivity contribution in [2.75, 3.05) is 4.90 Å². The van der Waals surface area contributed by atoms with Crippen molar-refractivity contribution in [2.24, 2.45) is 0 Å². The highest BCUT2D eigenvalue weighted by Crippen LogP contribution is 2.57. The normalized spacial score (nSPS) is 11.2. The molecule has 11 aromatic carbocycles. The highest BCUT2D eigenvalue weighted by Gasteiger charge is 2.46. The monoisotopic (exact) mass is 1070 g/mol. The molecular formula is C83H50N2. The zero-order valence-electron chi connectivity index (χ0n) is 46.8. The van der Waals surface area contributed by atoms with Gasteiger partial charge in [-0.05, 0) is 224 Å². The SMILES string of the molecule is C#CC#CC#CC#CC#CC#CC#Cc1cc(C)cc(-c2cc(C)cc(-n3c4ccccc4c4ccc(-c5ccc(N(c6ccc7c(c6)C(c6ccccc6)(c6ccccc6)c6ccccc6-7)c6ccccc6-c6ccccc6)cc5)cc43)c2)c1. The van der Waals surface area contributed by atoms with Gasteiger partial charge in [-0.3, -0.25) is 0 Å². The van der Waals surface area contributed by atoms with Crippen LogP contribution >= 0.6 is 0 Å². The third-order valence-corrected chi connectivity index (χ3v) is 15.7. The summed E-state index contributed by atoms with van der Waals surface area (Å²) in [5, 5.41) is 2.39. The van der Waals surface area contributed by atoms with Crippen LogP contribution in [0.25, 0.3) is 72.0 Å². The van der Waals surface area contributed by atoms with E-state index in [-0.39, 0.29) is 0 Å². The number of para-hydroxylation sites is 2. The third kappa shape index (κ3) is 10.1. The molecule has 2 nitrogen and oxygen atoms in total. The number of benzene rings is 11.